The van der Waals surface area contributed by atoms with Gasteiger partial charge < -0.3 is 10.4 Å². The van der Waals surface area contributed by atoms with Crippen LogP contribution < -0.4 is 5.32 Å². The highest BCUT2D eigenvalue weighted by molar-refractivity contribution is 8.93. The highest BCUT2D eigenvalue weighted by Gasteiger charge is 2.13. The molecule has 0 bridgehead atoms. The van der Waals surface area contributed by atoms with Crippen molar-refractivity contribution in [2.45, 2.75) is 55.9 Å². The summed E-state index contributed by atoms with van der Waals surface area (Å²) in [5, 5.41) is 14.3. The van der Waals surface area contributed by atoms with Crippen molar-refractivity contribution in [2.75, 3.05) is 6.54 Å². The van der Waals surface area contributed by atoms with Crippen LogP contribution in [0.15, 0.2) is 53.4 Å². The van der Waals surface area contributed by atoms with Crippen molar-refractivity contribution in [2.24, 2.45) is 0 Å². The zero-order chi connectivity index (χ0) is 18.4. The fourth-order valence-electron chi connectivity index (χ4n) is 2.62. The van der Waals surface area contributed by atoms with Crippen molar-refractivity contribution >= 4 is 40.3 Å². The van der Waals surface area contributed by atoms with Crippen molar-refractivity contribution < 1.29 is 5.11 Å². The molecule has 2 aromatic rings. The van der Waals surface area contributed by atoms with Gasteiger partial charge in [-0.3, -0.25) is 0 Å². The number of rotatable bonds is 7. The molecule has 2 aromatic carbocycles. The lowest BCUT2D eigenvalue weighted by Crippen LogP contribution is -2.32. The molecule has 5 heteroatoms. The molecular formula is C21H29BrClNOS. The second-order valence-electron chi connectivity index (χ2n) is 7.44. The van der Waals surface area contributed by atoms with Gasteiger partial charge in [-0.05, 0) is 48.7 Å². The van der Waals surface area contributed by atoms with Gasteiger partial charge in [0.2, 0.25) is 0 Å². The monoisotopic (exact) mass is 457 g/mol. The largest absolute Gasteiger partial charge is 0.387 e. The minimum Gasteiger partial charge on any atom is -0.387 e. The van der Waals surface area contributed by atoms with Crippen LogP contribution in [0.5, 0.6) is 0 Å². The molecule has 0 aliphatic rings. The molecule has 0 fully saturated rings. The maximum Gasteiger partial charge on any atom is 0.0914 e. The van der Waals surface area contributed by atoms with E-state index in [0.29, 0.717) is 11.6 Å². The molecule has 2 nitrogen and oxygen atoms in total. The minimum atomic E-state index is -0.549. The zero-order valence-corrected chi connectivity index (χ0v) is 19.1. The van der Waals surface area contributed by atoms with E-state index in [1.807, 2.05) is 36.0 Å². The van der Waals surface area contributed by atoms with Crippen LogP contribution in [0.25, 0.3) is 0 Å². The lowest BCUT2D eigenvalue weighted by Gasteiger charge is -2.19. The fraction of sp³-hybridized carbons (Fsp3) is 0.429. The van der Waals surface area contributed by atoms with E-state index in [1.165, 1.54) is 10.5 Å². The van der Waals surface area contributed by atoms with E-state index in [1.54, 1.807) is 0 Å². The third-order valence-corrected chi connectivity index (χ3v) is 5.14. The first-order valence-corrected chi connectivity index (χ1v) is 9.87. The molecule has 0 heterocycles. The Morgan fingerprint density at radius 3 is 2.35 bits per heavy atom. The molecule has 0 aliphatic heterocycles. The molecule has 0 saturated carbocycles. The van der Waals surface area contributed by atoms with Gasteiger partial charge in [0.05, 0.1) is 6.10 Å². The third kappa shape index (κ3) is 8.45. The molecule has 2 unspecified atom stereocenters. The summed E-state index contributed by atoms with van der Waals surface area (Å²) in [5.41, 5.74) is 2.14. The highest BCUT2D eigenvalue weighted by Crippen LogP contribution is 2.31. The second-order valence-corrected chi connectivity index (χ2v) is 9.78. The SMILES string of the molecule is Br.CC(Cc1ccc(SC(C)(C)C)cc1)NCC(O)c1cccc(Cl)c1. The molecule has 0 saturated heterocycles. The summed E-state index contributed by atoms with van der Waals surface area (Å²) in [6.45, 7) is 9.33. The zero-order valence-electron chi connectivity index (χ0n) is 15.8. The van der Waals surface area contributed by atoms with E-state index in [4.69, 9.17) is 11.6 Å². The number of aliphatic hydroxyl groups excluding tert-OH is 1. The van der Waals surface area contributed by atoms with Gasteiger partial charge in [0.1, 0.15) is 0 Å². The Balaban J connectivity index is 0.00000338. The average Bonchev–Trinajstić information content (AvgIpc) is 2.53. The fourth-order valence-corrected chi connectivity index (χ4v) is 3.80. The Labute approximate surface area is 177 Å². The van der Waals surface area contributed by atoms with Gasteiger partial charge in [0, 0.05) is 27.3 Å². The number of halogens is 2. The molecule has 2 atom stereocenters. The van der Waals surface area contributed by atoms with Crippen molar-refractivity contribution in [3.05, 3.63) is 64.7 Å². The molecule has 0 aromatic heterocycles. The summed E-state index contributed by atoms with van der Waals surface area (Å²) in [6.07, 6.45) is 0.384. The van der Waals surface area contributed by atoms with Gasteiger partial charge in [0.15, 0.2) is 0 Å². The highest BCUT2D eigenvalue weighted by atomic mass is 79.9. The number of aliphatic hydroxyl groups is 1. The molecule has 2 rings (SSSR count). The Hall–Kier alpha value is -0.520. The summed E-state index contributed by atoms with van der Waals surface area (Å²) in [4.78, 5) is 1.30. The van der Waals surface area contributed by atoms with E-state index in [2.05, 4.69) is 57.3 Å². The van der Waals surface area contributed by atoms with E-state index < -0.39 is 6.10 Å². The van der Waals surface area contributed by atoms with Gasteiger partial charge in [-0.1, -0.05) is 56.6 Å². The van der Waals surface area contributed by atoms with Crippen LogP contribution in [0.1, 0.15) is 44.9 Å². The predicted octanol–water partition coefficient (Wildman–Crippen LogP) is 6.06. The molecule has 0 radical (unpaired) electrons. The van der Waals surface area contributed by atoms with Crippen molar-refractivity contribution in [3.63, 3.8) is 0 Å². The van der Waals surface area contributed by atoms with Gasteiger partial charge in [-0.25, -0.2) is 0 Å². The minimum absolute atomic E-state index is 0. The van der Waals surface area contributed by atoms with E-state index in [-0.39, 0.29) is 27.8 Å². The van der Waals surface area contributed by atoms with Crippen molar-refractivity contribution in [3.8, 4) is 0 Å². The molecular weight excluding hydrogens is 430 g/mol. The van der Waals surface area contributed by atoms with Gasteiger partial charge in [-0.2, -0.15) is 0 Å². The Bertz CT molecular complexity index is 672. The molecule has 2 N–H and O–H groups in total. The predicted molar refractivity (Wildman–Crippen MR) is 120 cm³/mol. The van der Waals surface area contributed by atoms with Crippen molar-refractivity contribution in [1.29, 1.82) is 0 Å². The summed E-state index contributed by atoms with van der Waals surface area (Å²) in [6, 6.07) is 16.4. The summed E-state index contributed by atoms with van der Waals surface area (Å²) in [7, 11) is 0. The van der Waals surface area contributed by atoms with E-state index in [0.717, 1.165) is 12.0 Å². The molecule has 26 heavy (non-hydrogen) atoms. The maximum atomic E-state index is 10.3. The lowest BCUT2D eigenvalue weighted by atomic mass is 10.1. The maximum absolute atomic E-state index is 10.3. The van der Waals surface area contributed by atoms with E-state index in [9.17, 15) is 5.11 Å². The van der Waals surface area contributed by atoms with Crippen LogP contribution in [-0.4, -0.2) is 22.4 Å². The Kier molecular flexibility index (Phi) is 9.70. The molecule has 144 valence electrons. The summed E-state index contributed by atoms with van der Waals surface area (Å²) in [5.74, 6) is 0. The number of hydrogen-bond donors (Lipinski definition) is 2. The number of nitrogens with one attached hydrogen (secondary N) is 1. The number of hydrogen-bond acceptors (Lipinski definition) is 3. The van der Waals surface area contributed by atoms with Gasteiger partial charge in [0.25, 0.3) is 0 Å². The van der Waals surface area contributed by atoms with Gasteiger partial charge in [-0.15, -0.1) is 28.7 Å². The van der Waals surface area contributed by atoms with Crippen LogP contribution in [0.2, 0.25) is 5.02 Å². The first-order chi connectivity index (χ1) is 11.7. The number of benzene rings is 2. The molecule has 0 amide bonds. The standard InChI is InChI=1S/C21H28ClNOS.BrH/c1-15(23-14-20(24)17-6-5-7-18(22)13-17)12-16-8-10-19(11-9-16)25-21(2,3)4;/h5-11,13,15,20,23-24H,12,14H2,1-4H3;1H. The van der Waals surface area contributed by atoms with E-state index >= 15 is 0 Å². The summed E-state index contributed by atoms with van der Waals surface area (Å²) >= 11 is 7.86. The average molecular weight is 459 g/mol. The van der Waals surface area contributed by atoms with Crippen molar-refractivity contribution in [1.82, 2.24) is 5.32 Å². The normalized spacial score (nSPS) is 13.8. The number of thioether (sulfide) groups is 1. The molecule has 0 aliphatic carbocycles. The molecule has 0 spiro atoms. The van der Waals surface area contributed by atoms with Crippen LogP contribution in [0.3, 0.4) is 0 Å². The van der Waals surface area contributed by atoms with Crippen LogP contribution in [0, 0.1) is 0 Å². The first kappa shape index (κ1) is 23.5. The topological polar surface area (TPSA) is 32.3 Å². The Morgan fingerprint density at radius 2 is 1.77 bits per heavy atom. The van der Waals surface area contributed by atoms with Gasteiger partial charge >= 0.3 is 0 Å². The Morgan fingerprint density at radius 1 is 1.12 bits per heavy atom. The first-order valence-electron chi connectivity index (χ1n) is 8.68. The van der Waals surface area contributed by atoms with Crippen LogP contribution in [-0.2, 0) is 6.42 Å². The van der Waals surface area contributed by atoms with Crippen LogP contribution in [0.4, 0.5) is 0 Å². The second kappa shape index (κ2) is 10.7. The smallest absolute Gasteiger partial charge is 0.0914 e. The summed E-state index contributed by atoms with van der Waals surface area (Å²) < 4.78 is 0.229. The van der Waals surface area contributed by atoms with Crippen LogP contribution >= 0.6 is 40.3 Å². The lowest BCUT2D eigenvalue weighted by molar-refractivity contribution is 0.170. The third-order valence-electron chi connectivity index (χ3n) is 3.78. The quantitative estimate of drug-likeness (QED) is 0.494.